The molecule has 0 fully saturated rings. The molecule has 0 saturated carbocycles. The first-order valence-corrected chi connectivity index (χ1v) is 7.33. The normalized spacial score (nSPS) is 12.6. The van der Waals surface area contributed by atoms with Gasteiger partial charge in [-0.2, -0.15) is 0 Å². The summed E-state index contributed by atoms with van der Waals surface area (Å²) in [5.74, 6) is 0. The lowest BCUT2D eigenvalue weighted by Gasteiger charge is -1.92. The summed E-state index contributed by atoms with van der Waals surface area (Å²) in [5.41, 5.74) is 1.92. The van der Waals surface area contributed by atoms with Gasteiger partial charge < -0.3 is 0 Å². The van der Waals surface area contributed by atoms with Gasteiger partial charge in [0.15, 0.2) is 0 Å². The van der Waals surface area contributed by atoms with Crippen molar-refractivity contribution in [3.05, 3.63) is 30.2 Å². The van der Waals surface area contributed by atoms with Gasteiger partial charge in [0.2, 0.25) is 0 Å². The van der Waals surface area contributed by atoms with E-state index in [1.165, 1.54) is 11.3 Å². The van der Waals surface area contributed by atoms with Gasteiger partial charge in [0.25, 0.3) is 0 Å². The van der Waals surface area contributed by atoms with Crippen LogP contribution in [-0.4, -0.2) is 20.4 Å². The van der Waals surface area contributed by atoms with Crippen LogP contribution in [0.3, 0.4) is 0 Å². The fraction of sp³-hybridized carbons (Fsp3) is 0.273. The highest BCUT2D eigenvalue weighted by molar-refractivity contribution is 7.86. The number of hydrogen-bond acceptors (Lipinski definition) is 4. The van der Waals surface area contributed by atoms with E-state index in [9.17, 15) is 4.21 Å². The Kier molecular flexibility index (Phi) is 3.46. The first-order chi connectivity index (χ1) is 7.72. The van der Waals surface area contributed by atoms with E-state index in [0.717, 1.165) is 26.9 Å². The second kappa shape index (κ2) is 4.84. The van der Waals surface area contributed by atoms with Gasteiger partial charge in [-0.25, -0.2) is 4.98 Å². The molecular weight excluding hydrogens is 240 g/mol. The number of aryl methyl sites for hydroxylation is 1. The highest BCUT2D eigenvalue weighted by atomic mass is 32.2. The molecule has 0 radical (unpaired) electrons. The fourth-order valence-electron chi connectivity index (χ4n) is 1.40. The van der Waals surface area contributed by atoms with Crippen molar-refractivity contribution in [2.45, 2.75) is 17.6 Å². The van der Waals surface area contributed by atoms with Crippen LogP contribution in [0.4, 0.5) is 0 Å². The smallest absolute Gasteiger partial charge is 0.126 e. The Labute approximate surface area is 101 Å². The highest BCUT2D eigenvalue weighted by Gasteiger charge is 2.13. The van der Waals surface area contributed by atoms with Crippen LogP contribution < -0.4 is 0 Å². The molecular formula is C11H12N2OS2. The summed E-state index contributed by atoms with van der Waals surface area (Å²) in [6, 6.07) is 3.85. The lowest BCUT2D eigenvalue weighted by Crippen LogP contribution is -1.90. The van der Waals surface area contributed by atoms with Gasteiger partial charge >= 0.3 is 0 Å². The molecule has 1 atom stereocenters. The third kappa shape index (κ3) is 2.20. The maximum absolute atomic E-state index is 11.5. The molecule has 0 aliphatic carbocycles. The van der Waals surface area contributed by atoms with Gasteiger partial charge in [-0.05, 0) is 18.6 Å². The molecule has 3 nitrogen and oxygen atoms in total. The van der Waals surface area contributed by atoms with Crippen LogP contribution in [0, 0.1) is 0 Å². The van der Waals surface area contributed by atoms with E-state index in [2.05, 4.69) is 9.97 Å². The van der Waals surface area contributed by atoms with Crippen molar-refractivity contribution in [1.29, 1.82) is 0 Å². The van der Waals surface area contributed by atoms with Crippen LogP contribution in [0.2, 0.25) is 0 Å². The van der Waals surface area contributed by atoms with Gasteiger partial charge in [0, 0.05) is 24.2 Å². The molecule has 2 rings (SSSR count). The number of nitrogens with zero attached hydrogens (tertiary/aromatic N) is 2. The van der Waals surface area contributed by atoms with E-state index < -0.39 is 10.8 Å². The van der Waals surface area contributed by atoms with Gasteiger partial charge in [-0.3, -0.25) is 9.19 Å². The van der Waals surface area contributed by atoms with Crippen molar-refractivity contribution in [2.75, 3.05) is 6.26 Å². The van der Waals surface area contributed by atoms with Gasteiger partial charge in [0.1, 0.15) is 9.22 Å². The molecule has 1 unspecified atom stereocenters. The molecule has 0 N–H and O–H groups in total. The Morgan fingerprint density at radius 2 is 2.31 bits per heavy atom. The zero-order valence-corrected chi connectivity index (χ0v) is 10.8. The van der Waals surface area contributed by atoms with Crippen molar-refractivity contribution in [1.82, 2.24) is 9.97 Å². The minimum absolute atomic E-state index is 0.811. The Bertz CT molecular complexity index is 508. The maximum atomic E-state index is 11.5. The van der Waals surface area contributed by atoms with Crippen LogP contribution in [0.1, 0.15) is 12.6 Å². The molecule has 0 aliphatic heterocycles. The van der Waals surface area contributed by atoms with Crippen LogP contribution >= 0.6 is 11.3 Å². The number of aromatic nitrogens is 2. The highest BCUT2D eigenvalue weighted by Crippen LogP contribution is 2.29. The number of pyridine rings is 1. The predicted molar refractivity (Wildman–Crippen MR) is 67.1 cm³/mol. The average molecular weight is 252 g/mol. The van der Waals surface area contributed by atoms with Gasteiger partial charge in [-0.1, -0.05) is 6.92 Å². The molecule has 0 spiro atoms. The Morgan fingerprint density at radius 1 is 1.50 bits per heavy atom. The molecule has 2 aromatic heterocycles. The number of rotatable bonds is 3. The summed E-state index contributed by atoms with van der Waals surface area (Å²) in [5, 5.41) is 0.898. The van der Waals surface area contributed by atoms with Crippen LogP contribution in [0.15, 0.2) is 28.7 Å². The van der Waals surface area contributed by atoms with E-state index in [0.29, 0.717) is 0 Å². The minimum Gasteiger partial charge on any atom is -0.264 e. The van der Waals surface area contributed by atoms with Crippen molar-refractivity contribution in [3.8, 4) is 10.6 Å². The van der Waals surface area contributed by atoms with Crippen molar-refractivity contribution < 1.29 is 4.21 Å². The van der Waals surface area contributed by atoms with Gasteiger partial charge in [-0.15, -0.1) is 11.3 Å². The summed E-state index contributed by atoms with van der Waals surface area (Å²) in [6.07, 6.45) is 6.02. The van der Waals surface area contributed by atoms with E-state index in [-0.39, 0.29) is 0 Å². The first-order valence-electron chi connectivity index (χ1n) is 4.96. The number of hydrogen-bond donors (Lipinski definition) is 0. The molecule has 5 heteroatoms. The molecule has 2 heterocycles. The molecule has 84 valence electrons. The molecule has 0 saturated heterocycles. The topological polar surface area (TPSA) is 42.9 Å². The van der Waals surface area contributed by atoms with E-state index in [1.54, 1.807) is 18.6 Å². The summed E-state index contributed by atoms with van der Waals surface area (Å²) in [7, 11) is -0.958. The molecule has 2 aromatic rings. The molecule has 0 aliphatic rings. The lowest BCUT2D eigenvalue weighted by molar-refractivity contribution is 0.687. The zero-order valence-electron chi connectivity index (χ0n) is 9.14. The Balaban J connectivity index is 2.48. The predicted octanol–water partition coefficient (Wildman–Crippen LogP) is 2.50. The maximum Gasteiger partial charge on any atom is 0.126 e. The van der Waals surface area contributed by atoms with Crippen LogP contribution in [-0.2, 0) is 17.2 Å². The van der Waals surface area contributed by atoms with E-state index in [4.69, 9.17) is 0 Å². The zero-order chi connectivity index (χ0) is 11.5. The quantitative estimate of drug-likeness (QED) is 0.843. The number of thiazole rings is 1. The minimum atomic E-state index is -0.958. The summed E-state index contributed by atoms with van der Waals surface area (Å²) < 4.78 is 12.4. The second-order valence-corrected chi connectivity index (χ2v) is 5.88. The van der Waals surface area contributed by atoms with Gasteiger partial charge in [0.05, 0.1) is 16.5 Å². The van der Waals surface area contributed by atoms with Crippen molar-refractivity contribution in [3.63, 3.8) is 0 Å². The van der Waals surface area contributed by atoms with Crippen LogP contribution in [0.25, 0.3) is 10.6 Å². The standard InChI is InChI=1S/C11H12N2OS2/c1-3-9-11(16(2)14)15-10(13-9)8-5-4-6-12-7-8/h4-7H,3H2,1-2H3. The molecule has 16 heavy (non-hydrogen) atoms. The Morgan fingerprint density at radius 3 is 2.81 bits per heavy atom. The SMILES string of the molecule is CCc1nc(-c2cccnc2)sc1S(C)=O. The third-order valence-electron chi connectivity index (χ3n) is 2.17. The Hall–Kier alpha value is -1.07. The second-order valence-electron chi connectivity index (χ2n) is 3.30. The summed E-state index contributed by atoms with van der Waals surface area (Å²) >= 11 is 1.49. The van der Waals surface area contributed by atoms with Crippen molar-refractivity contribution in [2.24, 2.45) is 0 Å². The molecule has 0 amide bonds. The molecule has 0 bridgehead atoms. The van der Waals surface area contributed by atoms with E-state index in [1.807, 2.05) is 19.1 Å². The molecule has 0 aromatic carbocycles. The average Bonchev–Trinajstić information content (AvgIpc) is 2.74. The van der Waals surface area contributed by atoms with E-state index >= 15 is 0 Å². The first kappa shape index (κ1) is 11.4. The monoisotopic (exact) mass is 252 g/mol. The largest absolute Gasteiger partial charge is 0.264 e. The summed E-state index contributed by atoms with van der Waals surface area (Å²) in [4.78, 5) is 8.57. The van der Waals surface area contributed by atoms with Crippen molar-refractivity contribution >= 4 is 22.1 Å². The fourth-order valence-corrected chi connectivity index (χ4v) is 3.50. The lowest BCUT2D eigenvalue weighted by atomic mass is 10.3. The summed E-state index contributed by atoms with van der Waals surface area (Å²) in [6.45, 7) is 2.03. The van der Waals surface area contributed by atoms with Crippen LogP contribution in [0.5, 0.6) is 0 Å². The third-order valence-corrected chi connectivity index (χ3v) is 4.82.